The minimum Gasteiger partial charge on any atom is -0.496 e. The van der Waals surface area contributed by atoms with E-state index in [1.54, 1.807) is 47.0 Å². The van der Waals surface area contributed by atoms with Crippen molar-refractivity contribution in [2.24, 2.45) is 0 Å². The molecule has 1 saturated heterocycles. The van der Waals surface area contributed by atoms with Gasteiger partial charge in [-0.3, -0.25) is 4.79 Å². The van der Waals surface area contributed by atoms with Crippen molar-refractivity contribution in [2.45, 2.75) is 0 Å². The van der Waals surface area contributed by atoms with Gasteiger partial charge in [0, 0.05) is 42.8 Å². The van der Waals surface area contributed by atoms with Crippen LogP contribution in [0.1, 0.15) is 5.56 Å². The Labute approximate surface area is 179 Å². The Hall–Kier alpha value is -3.39. The normalized spacial score (nSPS) is 14.3. The molecular formula is C21H21ClN6O2. The number of para-hydroxylation sites is 1. The van der Waals surface area contributed by atoms with Crippen LogP contribution < -0.4 is 9.64 Å². The first-order valence-corrected chi connectivity index (χ1v) is 9.93. The number of benzene rings is 2. The fourth-order valence-corrected chi connectivity index (χ4v) is 3.53. The maximum absolute atomic E-state index is 12.6. The Balaban J connectivity index is 1.40. The summed E-state index contributed by atoms with van der Waals surface area (Å²) in [5, 5.41) is 12.7. The fourth-order valence-electron chi connectivity index (χ4n) is 3.34. The van der Waals surface area contributed by atoms with E-state index < -0.39 is 0 Å². The van der Waals surface area contributed by atoms with E-state index in [0.29, 0.717) is 42.9 Å². The van der Waals surface area contributed by atoms with Gasteiger partial charge in [-0.15, -0.1) is 0 Å². The first-order valence-electron chi connectivity index (χ1n) is 9.55. The highest BCUT2D eigenvalue weighted by Gasteiger charge is 2.24. The number of anilines is 1. The van der Waals surface area contributed by atoms with E-state index in [0.717, 1.165) is 11.3 Å². The Morgan fingerprint density at radius 2 is 1.87 bits per heavy atom. The van der Waals surface area contributed by atoms with E-state index in [9.17, 15) is 4.79 Å². The van der Waals surface area contributed by atoms with Gasteiger partial charge in [0.25, 0.3) is 0 Å². The SMILES string of the molecule is COc1ccc(Cl)cc1/C=C/C(=O)N1CCN(c2nnnn2-c2ccccc2)CC1. The van der Waals surface area contributed by atoms with Gasteiger partial charge in [0.15, 0.2) is 0 Å². The summed E-state index contributed by atoms with van der Waals surface area (Å²) >= 11 is 6.05. The van der Waals surface area contributed by atoms with E-state index in [1.807, 2.05) is 30.3 Å². The standard InChI is InChI=1S/C21H21ClN6O2/c1-30-19-9-8-17(22)15-16(19)7-10-20(29)26-11-13-27(14-12-26)21-23-24-25-28(21)18-5-3-2-4-6-18/h2-10,15H,11-14H2,1H3/b10-7+. The molecule has 0 unspecified atom stereocenters. The lowest BCUT2D eigenvalue weighted by molar-refractivity contribution is -0.126. The maximum Gasteiger partial charge on any atom is 0.250 e. The first kappa shape index (κ1) is 19.9. The summed E-state index contributed by atoms with van der Waals surface area (Å²) in [6.07, 6.45) is 3.28. The van der Waals surface area contributed by atoms with Gasteiger partial charge < -0.3 is 14.5 Å². The average Bonchev–Trinajstić information content (AvgIpc) is 3.28. The molecule has 1 amide bonds. The molecule has 0 bridgehead atoms. The number of ether oxygens (including phenoxy) is 1. The Morgan fingerprint density at radius 3 is 2.60 bits per heavy atom. The summed E-state index contributed by atoms with van der Waals surface area (Å²) in [7, 11) is 1.59. The number of amides is 1. The minimum atomic E-state index is -0.0562. The van der Waals surface area contributed by atoms with Crippen LogP contribution in [0.5, 0.6) is 5.75 Å². The summed E-state index contributed by atoms with van der Waals surface area (Å²) < 4.78 is 7.03. The number of rotatable bonds is 5. The highest BCUT2D eigenvalue weighted by atomic mass is 35.5. The molecule has 8 nitrogen and oxygen atoms in total. The van der Waals surface area contributed by atoms with Crippen LogP contribution in [0, 0.1) is 0 Å². The molecule has 1 fully saturated rings. The number of carbonyl (C=O) groups excluding carboxylic acids is 1. The minimum absolute atomic E-state index is 0.0562. The van der Waals surface area contributed by atoms with Gasteiger partial charge in [0.2, 0.25) is 11.9 Å². The van der Waals surface area contributed by atoms with Crippen LogP contribution in [0.15, 0.2) is 54.6 Å². The Morgan fingerprint density at radius 1 is 1.10 bits per heavy atom. The van der Waals surface area contributed by atoms with Crippen LogP contribution in [0.25, 0.3) is 11.8 Å². The van der Waals surface area contributed by atoms with Gasteiger partial charge >= 0.3 is 0 Å². The van der Waals surface area contributed by atoms with E-state index in [-0.39, 0.29) is 5.91 Å². The van der Waals surface area contributed by atoms with Crippen molar-refractivity contribution in [2.75, 3.05) is 38.2 Å². The van der Waals surface area contributed by atoms with Gasteiger partial charge in [0.1, 0.15) is 5.75 Å². The number of hydrogen-bond acceptors (Lipinski definition) is 6. The van der Waals surface area contributed by atoms with Crippen LogP contribution in [0.4, 0.5) is 5.95 Å². The van der Waals surface area contributed by atoms with Crippen molar-refractivity contribution >= 4 is 29.5 Å². The summed E-state index contributed by atoms with van der Waals surface area (Å²) in [5.74, 6) is 1.29. The zero-order chi connectivity index (χ0) is 20.9. The van der Waals surface area contributed by atoms with Crippen LogP contribution in [0.2, 0.25) is 5.02 Å². The number of piperazine rings is 1. The second kappa shape index (κ2) is 8.96. The highest BCUT2D eigenvalue weighted by Crippen LogP contribution is 2.24. The molecule has 3 aromatic rings. The van der Waals surface area contributed by atoms with E-state index >= 15 is 0 Å². The predicted octanol–water partition coefficient (Wildman–Crippen LogP) is 2.69. The van der Waals surface area contributed by atoms with Gasteiger partial charge in [0.05, 0.1) is 12.8 Å². The summed E-state index contributed by atoms with van der Waals surface area (Å²) in [4.78, 5) is 16.5. The smallest absolute Gasteiger partial charge is 0.250 e. The van der Waals surface area contributed by atoms with Crippen molar-refractivity contribution in [3.05, 3.63) is 65.2 Å². The molecule has 0 saturated carbocycles. The molecule has 30 heavy (non-hydrogen) atoms. The fraction of sp³-hybridized carbons (Fsp3) is 0.238. The van der Waals surface area contributed by atoms with Crippen LogP contribution in [-0.2, 0) is 4.79 Å². The molecule has 0 spiro atoms. The van der Waals surface area contributed by atoms with E-state index in [4.69, 9.17) is 16.3 Å². The lowest BCUT2D eigenvalue weighted by Gasteiger charge is -2.34. The molecule has 1 aliphatic heterocycles. The third-order valence-corrected chi connectivity index (χ3v) is 5.16. The number of tetrazole rings is 1. The third-order valence-electron chi connectivity index (χ3n) is 4.93. The van der Waals surface area contributed by atoms with Crippen molar-refractivity contribution in [1.82, 2.24) is 25.1 Å². The van der Waals surface area contributed by atoms with Crippen molar-refractivity contribution in [3.8, 4) is 11.4 Å². The topological polar surface area (TPSA) is 76.4 Å². The predicted molar refractivity (Wildman–Crippen MR) is 115 cm³/mol. The van der Waals surface area contributed by atoms with Gasteiger partial charge in [-0.1, -0.05) is 34.9 Å². The van der Waals surface area contributed by atoms with Gasteiger partial charge in [-0.2, -0.15) is 4.68 Å². The van der Waals surface area contributed by atoms with Crippen LogP contribution in [0.3, 0.4) is 0 Å². The molecule has 0 N–H and O–H groups in total. The largest absolute Gasteiger partial charge is 0.496 e. The summed E-state index contributed by atoms with van der Waals surface area (Å²) in [6.45, 7) is 2.45. The number of carbonyl (C=O) groups is 1. The lowest BCUT2D eigenvalue weighted by atomic mass is 10.2. The Kier molecular flexibility index (Phi) is 5.94. The molecule has 0 atom stereocenters. The second-order valence-electron chi connectivity index (χ2n) is 6.76. The number of hydrogen-bond donors (Lipinski definition) is 0. The maximum atomic E-state index is 12.6. The van der Waals surface area contributed by atoms with Crippen LogP contribution in [-0.4, -0.2) is 64.3 Å². The first-order chi connectivity index (χ1) is 14.7. The second-order valence-corrected chi connectivity index (χ2v) is 7.19. The van der Waals surface area contributed by atoms with E-state index in [2.05, 4.69) is 20.4 Å². The zero-order valence-electron chi connectivity index (χ0n) is 16.5. The number of halogens is 1. The summed E-state index contributed by atoms with van der Waals surface area (Å²) in [6, 6.07) is 15.0. The monoisotopic (exact) mass is 424 g/mol. The number of methoxy groups -OCH3 is 1. The van der Waals surface area contributed by atoms with Crippen molar-refractivity contribution < 1.29 is 9.53 Å². The highest BCUT2D eigenvalue weighted by molar-refractivity contribution is 6.30. The van der Waals surface area contributed by atoms with Crippen molar-refractivity contribution in [1.29, 1.82) is 0 Å². The molecular weight excluding hydrogens is 404 g/mol. The number of aromatic nitrogens is 4. The average molecular weight is 425 g/mol. The van der Waals surface area contributed by atoms with Gasteiger partial charge in [-0.05, 0) is 46.8 Å². The molecule has 9 heteroatoms. The molecule has 154 valence electrons. The lowest BCUT2D eigenvalue weighted by Crippen LogP contribution is -2.49. The molecule has 0 aliphatic carbocycles. The van der Waals surface area contributed by atoms with Crippen molar-refractivity contribution in [3.63, 3.8) is 0 Å². The zero-order valence-corrected chi connectivity index (χ0v) is 17.2. The third kappa shape index (κ3) is 4.28. The van der Waals surface area contributed by atoms with E-state index in [1.165, 1.54) is 0 Å². The molecule has 0 radical (unpaired) electrons. The summed E-state index contributed by atoms with van der Waals surface area (Å²) in [5.41, 5.74) is 1.66. The molecule has 4 rings (SSSR count). The molecule has 1 aromatic heterocycles. The van der Waals surface area contributed by atoms with Gasteiger partial charge in [-0.25, -0.2) is 0 Å². The number of nitrogens with zero attached hydrogens (tertiary/aromatic N) is 6. The molecule has 2 heterocycles. The van der Waals surface area contributed by atoms with Crippen LogP contribution >= 0.6 is 11.6 Å². The Bertz CT molecular complexity index is 1040. The quantitative estimate of drug-likeness (QED) is 0.586. The molecule has 1 aliphatic rings. The molecule has 2 aromatic carbocycles.